The molecule has 1 aromatic carbocycles. The molecule has 0 aliphatic heterocycles. The molecule has 0 unspecified atom stereocenters. The highest BCUT2D eigenvalue weighted by Crippen LogP contribution is 2.63. The molecule has 90 valence electrons. The molecule has 16 heavy (non-hydrogen) atoms. The zero-order valence-corrected chi connectivity index (χ0v) is 11.5. The second-order valence-electron chi connectivity index (χ2n) is 3.14. The average Bonchev–Trinajstić information content (AvgIpc) is 2.22. The van der Waals surface area contributed by atoms with Gasteiger partial charge in [0.2, 0.25) is 0 Å². The van der Waals surface area contributed by atoms with E-state index in [1.807, 2.05) is 45.0 Å². The number of rotatable bonds is 6. The van der Waals surface area contributed by atoms with Crippen LogP contribution in [0.1, 0.15) is 19.4 Å². The van der Waals surface area contributed by atoms with Crippen molar-refractivity contribution < 1.29 is 13.6 Å². The fourth-order valence-corrected chi connectivity index (χ4v) is 4.88. The predicted octanol–water partition coefficient (Wildman–Crippen LogP) is 4.27. The van der Waals surface area contributed by atoms with Crippen LogP contribution in [-0.4, -0.2) is 13.2 Å². The predicted molar refractivity (Wildman–Crippen MR) is 67.9 cm³/mol. The Hall–Kier alpha value is -0.280. The lowest BCUT2D eigenvalue weighted by Gasteiger charge is -2.16. The van der Waals surface area contributed by atoms with Crippen LogP contribution in [0.5, 0.6) is 0 Å². The molecule has 0 fully saturated rings. The third-order valence-corrected chi connectivity index (χ3v) is 5.80. The van der Waals surface area contributed by atoms with E-state index in [1.54, 1.807) is 0 Å². The summed E-state index contributed by atoms with van der Waals surface area (Å²) in [5.74, 6) is 0. The number of aryl methyl sites for hydroxylation is 1. The Balaban J connectivity index is 2.83. The van der Waals surface area contributed by atoms with Gasteiger partial charge in [0.1, 0.15) is 0 Å². The van der Waals surface area contributed by atoms with Crippen LogP contribution in [-0.2, 0) is 13.6 Å². The lowest BCUT2D eigenvalue weighted by molar-refractivity contribution is 0.237. The fourth-order valence-electron chi connectivity index (χ4n) is 1.19. The second kappa shape index (κ2) is 6.45. The fraction of sp³-hybridized carbons (Fsp3) is 0.455. The van der Waals surface area contributed by atoms with Gasteiger partial charge in [0.25, 0.3) is 0 Å². The molecular weight excluding hydrogens is 243 g/mol. The summed E-state index contributed by atoms with van der Waals surface area (Å²) in [6.45, 7) is 3.31. The SMILES string of the molecule is CCOP(=O)(OCC)Sc1ccccc1C. The Morgan fingerprint density at radius 2 is 1.75 bits per heavy atom. The Bertz CT molecular complexity index is 371. The number of benzene rings is 1. The summed E-state index contributed by atoms with van der Waals surface area (Å²) in [4.78, 5) is 0.938. The normalized spacial score (nSPS) is 11.7. The van der Waals surface area contributed by atoms with Crippen LogP contribution in [0.2, 0.25) is 0 Å². The van der Waals surface area contributed by atoms with Crippen molar-refractivity contribution in [2.24, 2.45) is 0 Å². The highest BCUT2D eigenvalue weighted by molar-refractivity contribution is 8.55. The summed E-state index contributed by atoms with van der Waals surface area (Å²) in [7, 11) is 0. The molecule has 0 saturated carbocycles. The van der Waals surface area contributed by atoms with Gasteiger partial charge in [0.15, 0.2) is 0 Å². The largest absolute Gasteiger partial charge is 0.393 e. The van der Waals surface area contributed by atoms with E-state index in [1.165, 1.54) is 11.4 Å². The van der Waals surface area contributed by atoms with Crippen LogP contribution < -0.4 is 0 Å². The van der Waals surface area contributed by atoms with Gasteiger partial charge < -0.3 is 9.05 Å². The van der Waals surface area contributed by atoms with Gasteiger partial charge in [0, 0.05) is 4.90 Å². The first-order valence-electron chi connectivity index (χ1n) is 5.25. The van der Waals surface area contributed by atoms with Crippen molar-refractivity contribution >= 4 is 18.2 Å². The van der Waals surface area contributed by atoms with Crippen molar-refractivity contribution in [3.8, 4) is 0 Å². The van der Waals surface area contributed by atoms with Crippen molar-refractivity contribution in [1.82, 2.24) is 0 Å². The van der Waals surface area contributed by atoms with Gasteiger partial charge in [-0.2, -0.15) is 0 Å². The van der Waals surface area contributed by atoms with E-state index in [4.69, 9.17) is 9.05 Å². The molecule has 5 heteroatoms. The van der Waals surface area contributed by atoms with Crippen LogP contribution in [0, 0.1) is 6.92 Å². The third kappa shape index (κ3) is 3.95. The Morgan fingerprint density at radius 3 is 2.25 bits per heavy atom. The minimum Gasteiger partial charge on any atom is -0.301 e. The molecule has 0 aromatic heterocycles. The monoisotopic (exact) mass is 260 g/mol. The highest BCUT2D eigenvalue weighted by Gasteiger charge is 2.26. The number of hydrogen-bond donors (Lipinski definition) is 0. The maximum absolute atomic E-state index is 12.3. The minimum absolute atomic E-state index is 0.385. The van der Waals surface area contributed by atoms with Crippen LogP contribution in [0.4, 0.5) is 0 Å². The molecule has 0 aliphatic carbocycles. The van der Waals surface area contributed by atoms with E-state index in [9.17, 15) is 4.57 Å². The summed E-state index contributed by atoms with van der Waals surface area (Å²) in [6.07, 6.45) is 0. The van der Waals surface area contributed by atoms with E-state index in [2.05, 4.69) is 0 Å². The van der Waals surface area contributed by atoms with E-state index >= 15 is 0 Å². The molecule has 0 N–H and O–H groups in total. The average molecular weight is 260 g/mol. The molecular formula is C11H17O3PS. The molecule has 0 bridgehead atoms. The van der Waals surface area contributed by atoms with E-state index in [0.717, 1.165) is 10.5 Å². The maximum Gasteiger partial charge on any atom is 0.393 e. The van der Waals surface area contributed by atoms with Gasteiger partial charge >= 0.3 is 6.80 Å². The van der Waals surface area contributed by atoms with Gasteiger partial charge in [-0.05, 0) is 43.8 Å². The molecule has 0 aliphatic rings. The summed E-state index contributed by atoms with van der Waals surface area (Å²) in [5.41, 5.74) is 1.08. The molecule has 0 radical (unpaired) electrons. The summed E-state index contributed by atoms with van der Waals surface area (Å²) in [6, 6.07) is 7.76. The minimum atomic E-state index is -3.05. The molecule has 0 atom stereocenters. The first kappa shape index (κ1) is 13.8. The Labute approximate surface area is 101 Å². The molecule has 0 saturated heterocycles. The Morgan fingerprint density at radius 1 is 1.19 bits per heavy atom. The van der Waals surface area contributed by atoms with Crippen LogP contribution in [0.15, 0.2) is 29.2 Å². The van der Waals surface area contributed by atoms with Crippen molar-refractivity contribution in [3.05, 3.63) is 29.8 Å². The van der Waals surface area contributed by atoms with Gasteiger partial charge in [-0.15, -0.1) is 0 Å². The first-order valence-corrected chi connectivity index (χ1v) is 8.22. The maximum atomic E-state index is 12.3. The van der Waals surface area contributed by atoms with Gasteiger partial charge in [-0.3, -0.25) is 0 Å². The summed E-state index contributed by atoms with van der Waals surface area (Å²) >= 11 is 1.18. The van der Waals surface area contributed by atoms with Gasteiger partial charge in [0.05, 0.1) is 13.2 Å². The second-order valence-corrected chi connectivity index (χ2v) is 7.06. The van der Waals surface area contributed by atoms with E-state index in [-0.39, 0.29) is 0 Å². The third-order valence-electron chi connectivity index (χ3n) is 1.88. The standard InChI is InChI=1S/C11H17O3PS/c1-4-13-15(12,14-5-2)16-11-9-7-6-8-10(11)3/h6-9H,4-5H2,1-3H3. The molecule has 1 rings (SSSR count). The lowest BCUT2D eigenvalue weighted by atomic mass is 10.2. The zero-order chi connectivity index (χ0) is 12.0. The first-order chi connectivity index (χ1) is 7.61. The van der Waals surface area contributed by atoms with Crippen molar-refractivity contribution in [1.29, 1.82) is 0 Å². The highest BCUT2D eigenvalue weighted by atomic mass is 32.7. The van der Waals surface area contributed by atoms with Crippen molar-refractivity contribution in [3.63, 3.8) is 0 Å². The molecule has 0 amide bonds. The summed E-state index contributed by atoms with van der Waals surface area (Å²) < 4.78 is 22.7. The smallest absolute Gasteiger partial charge is 0.301 e. The molecule has 3 nitrogen and oxygen atoms in total. The molecule has 0 heterocycles. The topological polar surface area (TPSA) is 35.5 Å². The van der Waals surface area contributed by atoms with Crippen molar-refractivity contribution in [2.45, 2.75) is 25.7 Å². The quantitative estimate of drug-likeness (QED) is 0.715. The van der Waals surface area contributed by atoms with Crippen LogP contribution in [0.3, 0.4) is 0 Å². The van der Waals surface area contributed by atoms with E-state index < -0.39 is 6.80 Å². The Kier molecular flexibility index (Phi) is 5.56. The van der Waals surface area contributed by atoms with Crippen LogP contribution >= 0.6 is 18.2 Å². The lowest BCUT2D eigenvalue weighted by Crippen LogP contribution is -1.92. The number of hydrogen-bond acceptors (Lipinski definition) is 4. The van der Waals surface area contributed by atoms with Gasteiger partial charge in [-0.1, -0.05) is 18.2 Å². The van der Waals surface area contributed by atoms with E-state index in [0.29, 0.717) is 13.2 Å². The summed E-state index contributed by atoms with van der Waals surface area (Å²) in [5, 5.41) is 0. The zero-order valence-electron chi connectivity index (χ0n) is 9.80. The molecule has 0 spiro atoms. The molecule has 1 aromatic rings. The van der Waals surface area contributed by atoms with Gasteiger partial charge in [-0.25, -0.2) is 4.57 Å². The van der Waals surface area contributed by atoms with Crippen LogP contribution in [0.25, 0.3) is 0 Å². The van der Waals surface area contributed by atoms with Crippen molar-refractivity contribution in [2.75, 3.05) is 13.2 Å².